The molecule has 6 nitrogen and oxygen atoms in total. The molecule has 0 radical (unpaired) electrons. The van der Waals surface area contributed by atoms with Crippen LogP contribution >= 0.6 is 0 Å². The van der Waals surface area contributed by atoms with Gasteiger partial charge in [0, 0.05) is 25.7 Å². The average molecular weight is 402 g/mol. The number of nitrogens with zero attached hydrogens (tertiary/aromatic N) is 3. The van der Waals surface area contributed by atoms with Crippen molar-refractivity contribution in [1.29, 1.82) is 0 Å². The molecule has 2 aliphatic rings. The van der Waals surface area contributed by atoms with Crippen LogP contribution in [0.1, 0.15) is 65.0 Å². The van der Waals surface area contributed by atoms with Crippen LogP contribution in [0.3, 0.4) is 0 Å². The van der Waals surface area contributed by atoms with Crippen molar-refractivity contribution in [3.05, 3.63) is 30.1 Å². The highest BCUT2D eigenvalue weighted by atomic mass is 16.6. The normalized spacial score (nSPS) is 27.7. The zero-order valence-corrected chi connectivity index (χ0v) is 18.5. The molecule has 0 aromatic carbocycles. The zero-order chi connectivity index (χ0) is 21.3. The van der Waals surface area contributed by atoms with E-state index in [1.165, 1.54) is 0 Å². The third-order valence-corrected chi connectivity index (χ3v) is 6.55. The number of hydrogen-bond acceptors (Lipinski definition) is 5. The minimum Gasteiger partial charge on any atom is -0.460 e. The Labute approximate surface area is 174 Å². The Morgan fingerprint density at radius 1 is 1.21 bits per heavy atom. The van der Waals surface area contributed by atoms with Gasteiger partial charge in [0.15, 0.2) is 0 Å². The van der Waals surface area contributed by atoms with E-state index in [1.54, 1.807) is 0 Å². The first-order chi connectivity index (χ1) is 13.6. The van der Waals surface area contributed by atoms with Crippen molar-refractivity contribution in [2.24, 2.45) is 5.41 Å². The van der Waals surface area contributed by atoms with Gasteiger partial charge in [-0.05, 0) is 78.1 Å². The maximum atomic E-state index is 12.7. The molecule has 1 saturated heterocycles. The van der Waals surface area contributed by atoms with E-state index in [4.69, 9.17) is 4.74 Å². The van der Waals surface area contributed by atoms with Gasteiger partial charge in [0.05, 0.1) is 17.7 Å². The molecule has 0 atom stereocenters. The number of carbonyl (C=O) groups is 2. The highest BCUT2D eigenvalue weighted by Crippen LogP contribution is 2.51. The van der Waals surface area contributed by atoms with Crippen molar-refractivity contribution in [3.8, 4) is 0 Å². The predicted molar refractivity (Wildman–Crippen MR) is 112 cm³/mol. The standard InChI is InChI=1S/C23H35N3O3/c1-21(2,3)29-20(28)9-15-26-17-22(16-19(26)27)10-12-23(13-11-22,25(4)5)18-8-6-7-14-24-18/h6-8,14H,9-13,15-17H2,1-5H3. The number of likely N-dealkylation sites (tertiary alicyclic amines) is 1. The van der Waals surface area contributed by atoms with Crippen LogP contribution in [-0.2, 0) is 19.9 Å². The summed E-state index contributed by atoms with van der Waals surface area (Å²) in [6.45, 7) is 6.79. The van der Waals surface area contributed by atoms with Crippen LogP contribution in [0.2, 0.25) is 0 Å². The molecule has 160 valence electrons. The van der Waals surface area contributed by atoms with E-state index in [9.17, 15) is 9.59 Å². The van der Waals surface area contributed by atoms with E-state index in [2.05, 4.69) is 36.1 Å². The van der Waals surface area contributed by atoms with Crippen LogP contribution in [0.5, 0.6) is 0 Å². The summed E-state index contributed by atoms with van der Waals surface area (Å²) < 4.78 is 5.38. The lowest BCUT2D eigenvalue weighted by atomic mass is 9.65. The second kappa shape index (κ2) is 8.05. The average Bonchev–Trinajstić information content (AvgIpc) is 2.95. The van der Waals surface area contributed by atoms with Crippen molar-refractivity contribution in [1.82, 2.24) is 14.8 Å². The fourth-order valence-corrected chi connectivity index (χ4v) is 4.90. The number of esters is 1. The number of pyridine rings is 1. The molecule has 0 bridgehead atoms. The Bertz CT molecular complexity index is 731. The van der Waals surface area contributed by atoms with E-state index in [1.807, 2.05) is 37.9 Å². The fourth-order valence-electron chi connectivity index (χ4n) is 4.90. The Kier molecular flexibility index (Phi) is 6.04. The minimum atomic E-state index is -0.488. The highest BCUT2D eigenvalue weighted by Gasteiger charge is 2.50. The Balaban J connectivity index is 1.62. The number of carbonyl (C=O) groups excluding carboxylic acids is 2. The number of ether oxygens (including phenoxy) is 1. The molecule has 2 fully saturated rings. The SMILES string of the molecule is CN(C)C1(c2ccccn2)CCC2(CC1)CC(=O)N(CCC(=O)OC(C)(C)C)C2. The summed E-state index contributed by atoms with van der Waals surface area (Å²) in [5.74, 6) is -0.0691. The summed E-state index contributed by atoms with van der Waals surface area (Å²) in [5.41, 5.74) is 0.585. The Morgan fingerprint density at radius 3 is 2.45 bits per heavy atom. The lowest BCUT2D eigenvalue weighted by Crippen LogP contribution is -2.48. The molecule has 1 aliphatic carbocycles. The second-order valence-corrected chi connectivity index (χ2v) is 9.97. The van der Waals surface area contributed by atoms with E-state index in [-0.39, 0.29) is 29.3 Å². The summed E-state index contributed by atoms with van der Waals surface area (Å²) in [6.07, 6.45) is 6.69. The molecule has 1 spiro atoms. The Hall–Kier alpha value is -1.95. The summed E-state index contributed by atoms with van der Waals surface area (Å²) in [7, 11) is 4.25. The Morgan fingerprint density at radius 2 is 1.90 bits per heavy atom. The lowest BCUT2D eigenvalue weighted by molar-refractivity contribution is -0.155. The highest BCUT2D eigenvalue weighted by molar-refractivity contribution is 5.80. The van der Waals surface area contributed by atoms with E-state index < -0.39 is 5.60 Å². The molecule has 6 heteroatoms. The van der Waals surface area contributed by atoms with Gasteiger partial charge < -0.3 is 9.64 Å². The maximum absolute atomic E-state index is 12.7. The summed E-state index contributed by atoms with van der Waals surface area (Å²) in [4.78, 5) is 33.5. The summed E-state index contributed by atoms with van der Waals surface area (Å²) in [6, 6.07) is 6.12. The van der Waals surface area contributed by atoms with Gasteiger partial charge in [0.2, 0.25) is 5.91 Å². The summed E-state index contributed by atoms with van der Waals surface area (Å²) >= 11 is 0. The first kappa shape index (κ1) is 21.8. The van der Waals surface area contributed by atoms with E-state index in [0.717, 1.165) is 37.9 Å². The molecule has 1 saturated carbocycles. The molecule has 2 heterocycles. The molecule has 1 aromatic heterocycles. The molecule has 1 amide bonds. The van der Waals surface area contributed by atoms with Gasteiger partial charge in [0.25, 0.3) is 0 Å². The van der Waals surface area contributed by atoms with Crippen LogP contribution in [-0.4, -0.2) is 59.4 Å². The van der Waals surface area contributed by atoms with Crippen molar-refractivity contribution in [2.45, 2.75) is 70.4 Å². The number of aromatic nitrogens is 1. The third-order valence-electron chi connectivity index (χ3n) is 6.55. The zero-order valence-electron chi connectivity index (χ0n) is 18.5. The third kappa shape index (κ3) is 4.80. The van der Waals surface area contributed by atoms with E-state index in [0.29, 0.717) is 13.0 Å². The number of rotatable bonds is 5. The van der Waals surface area contributed by atoms with Gasteiger partial charge in [0.1, 0.15) is 5.60 Å². The van der Waals surface area contributed by atoms with Crippen LogP contribution in [0.15, 0.2) is 24.4 Å². The summed E-state index contributed by atoms with van der Waals surface area (Å²) in [5, 5.41) is 0. The van der Waals surface area contributed by atoms with Crippen LogP contribution in [0.4, 0.5) is 0 Å². The largest absolute Gasteiger partial charge is 0.460 e. The molecule has 29 heavy (non-hydrogen) atoms. The smallest absolute Gasteiger partial charge is 0.308 e. The number of hydrogen-bond donors (Lipinski definition) is 0. The second-order valence-electron chi connectivity index (χ2n) is 9.97. The monoisotopic (exact) mass is 401 g/mol. The van der Waals surface area contributed by atoms with Gasteiger partial charge in [-0.25, -0.2) is 0 Å². The van der Waals surface area contributed by atoms with Crippen LogP contribution < -0.4 is 0 Å². The van der Waals surface area contributed by atoms with Crippen LogP contribution in [0, 0.1) is 5.41 Å². The van der Waals surface area contributed by atoms with Gasteiger partial charge in [-0.1, -0.05) is 6.07 Å². The van der Waals surface area contributed by atoms with Crippen molar-refractivity contribution >= 4 is 11.9 Å². The van der Waals surface area contributed by atoms with Gasteiger partial charge in [-0.3, -0.25) is 19.5 Å². The molecule has 0 unspecified atom stereocenters. The van der Waals surface area contributed by atoms with Gasteiger partial charge in [-0.2, -0.15) is 0 Å². The van der Waals surface area contributed by atoms with E-state index >= 15 is 0 Å². The molecule has 3 rings (SSSR count). The first-order valence-electron chi connectivity index (χ1n) is 10.6. The fraction of sp³-hybridized carbons (Fsp3) is 0.696. The molecule has 1 aliphatic heterocycles. The van der Waals surface area contributed by atoms with Crippen molar-refractivity contribution in [2.75, 3.05) is 27.2 Å². The predicted octanol–water partition coefficient (Wildman–Crippen LogP) is 3.36. The first-order valence-corrected chi connectivity index (χ1v) is 10.6. The molecule has 1 aromatic rings. The lowest BCUT2D eigenvalue weighted by Gasteiger charge is -2.48. The quantitative estimate of drug-likeness (QED) is 0.708. The molecule has 0 N–H and O–H groups in total. The topological polar surface area (TPSA) is 62.7 Å². The minimum absolute atomic E-state index is 0.0271. The van der Waals surface area contributed by atoms with Gasteiger partial charge >= 0.3 is 5.97 Å². The van der Waals surface area contributed by atoms with Crippen molar-refractivity contribution < 1.29 is 14.3 Å². The van der Waals surface area contributed by atoms with Gasteiger partial charge in [-0.15, -0.1) is 0 Å². The van der Waals surface area contributed by atoms with Crippen molar-refractivity contribution in [3.63, 3.8) is 0 Å². The molecular formula is C23H35N3O3. The number of amides is 1. The molecular weight excluding hydrogens is 366 g/mol. The maximum Gasteiger partial charge on any atom is 0.308 e. The van der Waals surface area contributed by atoms with Crippen LogP contribution in [0.25, 0.3) is 0 Å².